The van der Waals surface area contributed by atoms with Crippen molar-refractivity contribution in [3.8, 4) is 0 Å². The number of nitrogens with zero attached hydrogens (tertiary/aromatic N) is 3. The third-order valence-electron chi connectivity index (χ3n) is 3.83. The van der Waals surface area contributed by atoms with Gasteiger partial charge in [-0.3, -0.25) is 19.6 Å². The molecule has 3 rings (SSSR count). The van der Waals surface area contributed by atoms with Gasteiger partial charge >= 0.3 is 6.03 Å². The van der Waals surface area contributed by atoms with Crippen molar-refractivity contribution < 1.29 is 9.59 Å². The molecule has 22 heavy (non-hydrogen) atoms. The number of hydrogen-bond donors (Lipinski definition) is 1. The van der Waals surface area contributed by atoms with E-state index in [2.05, 4.69) is 10.3 Å². The Labute approximate surface area is 129 Å². The van der Waals surface area contributed by atoms with Crippen LogP contribution < -0.4 is 10.2 Å². The van der Waals surface area contributed by atoms with E-state index >= 15 is 0 Å². The number of carbonyl (C=O) groups is 2. The van der Waals surface area contributed by atoms with Gasteiger partial charge in [-0.15, -0.1) is 0 Å². The normalized spacial score (nSPS) is 16.5. The minimum Gasteiger partial charge on any atom is -0.326 e. The summed E-state index contributed by atoms with van der Waals surface area (Å²) < 4.78 is 0. The number of nitrogens with one attached hydrogen (secondary N) is 1. The number of amidine groups is 1. The second-order valence-corrected chi connectivity index (χ2v) is 6.08. The Balaban J connectivity index is 1.91. The van der Waals surface area contributed by atoms with Crippen molar-refractivity contribution in [2.75, 3.05) is 30.4 Å². The molecular formula is C16H20N4O2. The maximum atomic E-state index is 12.3. The van der Waals surface area contributed by atoms with Crippen LogP contribution in [0.4, 0.5) is 16.2 Å². The zero-order valence-electron chi connectivity index (χ0n) is 13.1. The number of urea groups is 1. The lowest BCUT2D eigenvalue weighted by Gasteiger charge is -2.33. The summed E-state index contributed by atoms with van der Waals surface area (Å²) in [5.41, 5.74) is 2.45. The standard InChI is InChI=1S/C16H20N4O2/c1-10(2)8-14(21)18-11-4-5-13-12(9-11)15-17-6-7-20(15)16(22)19(13)3/h4-5,9-10H,6-8H2,1-3H3,(H,18,21). The van der Waals surface area contributed by atoms with Crippen molar-refractivity contribution in [1.29, 1.82) is 0 Å². The number of hydrogen-bond acceptors (Lipinski definition) is 3. The predicted octanol–water partition coefficient (Wildman–Crippen LogP) is 2.30. The summed E-state index contributed by atoms with van der Waals surface area (Å²) in [6.45, 7) is 5.26. The molecule has 0 saturated heterocycles. The highest BCUT2D eigenvalue weighted by Gasteiger charge is 2.35. The molecule has 2 heterocycles. The smallest absolute Gasteiger partial charge is 0.326 e. The molecular weight excluding hydrogens is 280 g/mol. The van der Waals surface area contributed by atoms with Gasteiger partial charge < -0.3 is 5.32 Å². The molecule has 0 atom stereocenters. The van der Waals surface area contributed by atoms with Gasteiger partial charge in [-0.1, -0.05) is 13.8 Å². The van der Waals surface area contributed by atoms with Crippen LogP contribution in [0.25, 0.3) is 0 Å². The Hall–Kier alpha value is -2.37. The zero-order valence-corrected chi connectivity index (χ0v) is 13.1. The van der Waals surface area contributed by atoms with E-state index in [1.54, 1.807) is 16.8 Å². The van der Waals surface area contributed by atoms with Crippen LogP contribution in [0.2, 0.25) is 0 Å². The Morgan fingerprint density at radius 2 is 2.18 bits per heavy atom. The van der Waals surface area contributed by atoms with Crippen molar-refractivity contribution in [2.45, 2.75) is 20.3 Å². The summed E-state index contributed by atoms with van der Waals surface area (Å²) in [7, 11) is 1.76. The van der Waals surface area contributed by atoms with E-state index in [0.717, 1.165) is 16.9 Å². The Bertz CT molecular complexity index is 666. The fraction of sp³-hybridized carbons (Fsp3) is 0.438. The van der Waals surface area contributed by atoms with Gasteiger partial charge in [0.1, 0.15) is 5.84 Å². The largest absolute Gasteiger partial charge is 0.329 e. The average molecular weight is 300 g/mol. The van der Waals surface area contributed by atoms with Gasteiger partial charge in [-0.25, -0.2) is 4.79 Å². The van der Waals surface area contributed by atoms with Crippen LogP contribution in [-0.4, -0.2) is 42.8 Å². The van der Waals surface area contributed by atoms with Crippen molar-refractivity contribution in [3.05, 3.63) is 23.8 Å². The summed E-state index contributed by atoms with van der Waals surface area (Å²) in [4.78, 5) is 31.9. The highest BCUT2D eigenvalue weighted by Crippen LogP contribution is 2.32. The maximum Gasteiger partial charge on any atom is 0.329 e. The number of carbonyl (C=O) groups excluding carboxylic acids is 2. The third kappa shape index (κ3) is 2.45. The third-order valence-corrected chi connectivity index (χ3v) is 3.83. The molecule has 0 aliphatic carbocycles. The topological polar surface area (TPSA) is 65.0 Å². The second kappa shape index (κ2) is 5.44. The molecule has 3 amide bonds. The van der Waals surface area contributed by atoms with Gasteiger partial charge in [-0.05, 0) is 24.1 Å². The first kappa shape index (κ1) is 14.6. The molecule has 6 nitrogen and oxygen atoms in total. The zero-order chi connectivity index (χ0) is 15.9. The van der Waals surface area contributed by atoms with Gasteiger partial charge in [0.25, 0.3) is 0 Å². The van der Waals surface area contributed by atoms with Gasteiger partial charge in [-0.2, -0.15) is 0 Å². The monoisotopic (exact) mass is 300 g/mol. The summed E-state index contributed by atoms with van der Waals surface area (Å²) in [5, 5.41) is 2.91. The first-order valence-electron chi connectivity index (χ1n) is 7.51. The molecule has 6 heteroatoms. The fourth-order valence-corrected chi connectivity index (χ4v) is 2.82. The first-order chi connectivity index (χ1) is 10.5. The maximum absolute atomic E-state index is 12.3. The lowest BCUT2D eigenvalue weighted by molar-refractivity contribution is -0.116. The van der Waals surface area contributed by atoms with E-state index in [9.17, 15) is 9.59 Å². The molecule has 0 spiro atoms. The highest BCUT2D eigenvalue weighted by atomic mass is 16.2. The second-order valence-electron chi connectivity index (χ2n) is 6.08. The summed E-state index contributed by atoms with van der Waals surface area (Å²) in [5.74, 6) is 1.02. The predicted molar refractivity (Wildman–Crippen MR) is 86.4 cm³/mol. The van der Waals surface area contributed by atoms with Gasteiger partial charge in [0.15, 0.2) is 0 Å². The molecule has 0 radical (unpaired) electrons. The lowest BCUT2D eigenvalue weighted by atomic mass is 10.1. The first-order valence-corrected chi connectivity index (χ1v) is 7.51. The van der Waals surface area contributed by atoms with Crippen LogP contribution in [0.15, 0.2) is 23.2 Å². The Morgan fingerprint density at radius 1 is 1.41 bits per heavy atom. The van der Waals surface area contributed by atoms with Crippen LogP contribution in [-0.2, 0) is 4.79 Å². The van der Waals surface area contributed by atoms with E-state index in [4.69, 9.17) is 0 Å². The number of aliphatic imine (C=N–C) groups is 1. The van der Waals surface area contributed by atoms with Gasteiger partial charge in [0.2, 0.25) is 5.91 Å². The molecule has 1 aromatic rings. The molecule has 1 N–H and O–H groups in total. The molecule has 0 fully saturated rings. The SMILES string of the molecule is CC(C)CC(=O)Nc1ccc2c(c1)C1=NCCN1C(=O)N2C. The van der Waals surface area contributed by atoms with Gasteiger partial charge in [0, 0.05) is 31.3 Å². The van der Waals surface area contributed by atoms with Crippen LogP contribution >= 0.6 is 0 Å². The molecule has 0 aromatic heterocycles. The number of fused-ring (bicyclic) bond motifs is 3. The van der Waals surface area contributed by atoms with E-state index in [1.165, 1.54) is 0 Å². The quantitative estimate of drug-likeness (QED) is 0.931. The summed E-state index contributed by atoms with van der Waals surface area (Å²) in [6, 6.07) is 5.52. The number of anilines is 2. The Morgan fingerprint density at radius 3 is 2.91 bits per heavy atom. The summed E-state index contributed by atoms with van der Waals surface area (Å²) >= 11 is 0. The summed E-state index contributed by atoms with van der Waals surface area (Å²) in [6.07, 6.45) is 0.489. The van der Waals surface area contributed by atoms with E-state index in [1.807, 2.05) is 32.0 Å². The molecule has 0 unspecified atom stereocenters. The molecule has 0 saturated carbocycles. The number of amides is 3. The van der Waals surface area contributed by atoms with E-state index in [0.29, 0.717) is 31.3 Å². The lowest BCUT2D eigenvalue weighted by Crippen LogP contribution is -2.48. The molecule has 2 aliphatic heterocycles. The fourth-order valence-electron chi connectivity index (χ4n) is 2.82. The molecule has 0 bridgehead atoms. The minimum atomic E-state index is -0.0552. The molecule has 2 aliphatic rings. The van der Waals surface area contributed by atoms with Crippen LogP contribution in [0.3, 0.4) is 0 Å². The van der Waals surface area contributed by atoms with Crippen molar-refractivity contribution in [3.63, 3.8) is 0 Å². The minimum absolute atomic E-state index is 0.000377. The van der Waals surface area contributed by atoms with Crippen LogP contribution in [0, 0.1) is 5.92 Å². The molecule has 1 aromatic carbocycles. The van der Waals surface area contributed by atoms with Crippen LogP contribution in [0.1, 0.15) is 25.8 Å². The number of rotatable bonds is 3. The van der Waals surface area contributed by atoms with Crippen molar-refractivity contribution in [2.24, 2.45) is 10.9 Å². The van der Waals surface area contributed by atoms with Gasteiger partial charge in [0.05, 0.1) is 12.2 Å². The number of benzene rings is 1. The highest BCUT2D eigenvalue weighted by molar-refractivity contribution is 6.20. The Kier molecular flexibility index (Phi) is 3.60. The van der Waals surface area contributed by atoms with Crippen molar-refractivity contribution in [1.82, 2.24) is 4.90 Å². The van der Waals surface area contributed by atoms with Crippen LogP contribution in [0.5, 0.6) is 0 Å². The van der Waals surface area contributed by atoms with E-state index in [-0.39, 0.29) is 11.9 Å². The van der Waals surface area contributed by atoms with E-state index < -0.39 is 0 Å². The van der Waals surface area contributed by atoms with Crippen molar-refractivity contribution >= 4 is 29.1 Å². The average Bonchev–Trinajstić information content (AvgIpc) is 2.93. The molecule has 116 valence electrons.